The fourth-order valence-electron chi connectivity index (χ4n) is 3.46. The Morgan fingerprint density at radius 2 is 2.17 bits per heavy atom. The van der Waals surface area contributed by atoms with Gasteiger partial charge in [0.25, 0.3) is 0 Å². The standard InChI is InChI=1S/C18H22N4O2/c1-12(2)18-20-19-16-11-21(6-7-22(16)18)17(23)10-13-3-4-15-14(9-13)5-8-24-15/h3-4,9,12H,5-8,10-11H2,1-2H3. The van der Waals surface area contributed by atoms with Crippen LogP contribution in [0.3, 0.4) is 0 Å². The van der Waals surface area contributed by atoms with Gasteiger partial charge in [0.15, 0.2) is 5.82 Å². The van der Waals surface area contributed by atoms with E-state index in [9.17, 15) is 4.79 Å². The van der Waals surface area contributed by atoms with Gasteiger partial charge in [0.1, 0.15) is 11.6 Å². The molecule has 0 bridgehead atoms. The maximum absolute atomic E-state index is 12.7. The predicted octanol–water partition coefficient (Wildman–Crippen LogP) is 1.92. The normalized spacial score (nSPS) is 16.0. The molecular formula is C18H22N4O2. The van der Waals surface area contributed by atoms with Gasteiger partial charge in [-0.15, -0.1) is 10.2 Å². The van der Waals surface area contributed by atoms with Gasteiger partial charge in [-0.2, -0.15) is 0 Å². The summed E-state index contributed by atoms with van der Waals surface area (Å²) in [6, 6.07) is 6.07. The summed E-state index contributed by atoms with van der Waals surface area (Å²) in [7, 11) is 0. The molecule has 2 aliphatic rings. The number of rotatable bonds is 3. The molecule has 126 valence electrons. The van der Waals surface area contributed by atoms with E-state index < -0.39 is 0 Å². The molecule has 0 atom stereocenters. The fraction of sp³-hybridized carbons (Fsp3) is 0.500. The molecule has 0 radical (unpaired) electrons. The second-order valence-electron chi connectivity index (χ2n) is 6.81. The SMILES string of the molecule is CC(C)c1nnc2n1CCN(C(=O)Cc1ccc3c(c1)CCO3)C2. The van der Waals surface area contributed by atoms with Crippen molar-refractivity contribution >= 4 is 5.91 Å². The lowest BCUT2D eigenvalue weighted by molar-refractivity contribution is -0.132. The van der Waals surface area contributed by atoms with Gasteiger partial charge in [-0.1, -0.05) is 26.0 Å². The first kappa shape index (κ1) is 15.2. The average molecular weight is 326 g/mol. The van der Waals surface area contributed by atoms with Crippen LogP contribution in [0.1, 0.15) is 42.5 Å². The smallest absolute Gasteiger partial charge is 0.227 e. The van der Waals surface area contributed by atoms with Gasteiger partial charge in [-0.05, 0) is 17.2 Å². The summed E-state index contributed by atoms with van der Waals surface area (Å²) in [5, 5.41) is 8.54. The number of aromatic nitrogens is 3. The van der Waals surface area contributed by atoms with Gasteiger partial charge >= 0.3 is 0 Å². The third-order valence-corrected chi connectivity index (χ3v) is 4.76. The number of hydrogen-bond donors (Lipinski definition) is 0. The molecule has 2 aromatic rings. The van der Waals surface area contributed by atoms with Crippen molar-refractivity contribution in [1.82, 2.24) is 19.7 Å². The molecule has 24 heavy (non-hydrogen) atoms. The molecular weight excluding hydrogens is 304 g/mol. The van der Waals surface area contributed by atoms with Gasteiger partial charge in [-0.25, -0.2) is 0 Å². The molecule has 0 fully saturated rings. The highest BCUT2D eigenvalue weighted by molar-refractivity contribution is 5.79. The van der Waals surface area contributed by atoms with Crippen molar-refractivity contribution in [3.8, 4) is 5.75 Å². The Bertz CT molecular complexity index is 781. The van der Waals surface area contributed by atoms with Crippen LogP contribution in [-0.4, -0.2) is 38.7 Å². The second-order valence-corrected chi connectivity index (χ2v) is 6.81. The zero-order valence-electron chi connectivity index (χ0n) is 14.2. The van der Waals surface area contributed by atoms with E-state index in [2.05, 4.69) is 34.7 Å². The van der Waals surface area contributed by atoms with E-state index in [0.29, 0.717) is 18.9 Å². The number of nitrogens with zero attached hydrogens (tertiary/aromatic N) is 4. The van der Waals surface area contributed by atoms with Crippen LogP contribution in [0.25, 0.3) is 0 Å². The van der Waals surface area contributed by atoms with E-state index in [1.54, 1.807) is 0 Å². The van der Waals surface area contributed by atoms with Crippen molar-refractivity contribution in [3.63, 3.8) is 0 Å². The highest BCUT2D eigenvalue weighted by Crippen LogP contribution is 2.26. The Hall–Kier alpha value is -2.37. The highest BCUT2D eigenvalue weighted by atomic mass is 16.5. The minimum Gasteiger partial charge on any atom is -0.493 e. The van der Waals surface area contributed by atoms with Crippen molar-refractivity contribution in [2.24, 2.45) is 0 Å². The third-order valence-electron chi connectivity index (χ3n) is 4.76. The number of carbonyl (C=O) groups is 1. The fourth-order valence-corrected chi connectivity index (χ4v) is 3.46. The third kappa shape index (κ3) is 2.66. The first-order chi connectivity index (χ1) is 11.6. The first-order valence-electron chi connectivity index (χ1n) is 8.56. The summed E-state index contributed by atoms with van der Waals surface area (Å²) in [6.45, 7) is 7.02. The maximum Gasteiger partial charge on any atom is 0.227 e. The average Bonchev–Trinajstić information content (AvgIpc) is 3.20. The molecule has 1 aromatic heterocycles. The van der Waals surface area contributed by atoms with Crippen LogP contribution in [0.2, 0.25) is 0 Å². The summed E-state index contributed by atoms with van der Waals surface area (Å²) in [4.78, 5) is 14.5. The van der Waals surface area contributed by atoms with Crippen LogP contribution in [0, 0.1) is 0 Å². The summed E-state index contributed by atoms with van der Waals surface area (Å²) in [5.74, 6) is 3.35. The Balaban J connectivity index is 1.46. The Morgan fingerprint density at radius 1 is 1.29 bits per heavy atom. The number of ether oxygens (including phenoxy) is 1. The van der Waals surface area contributed by atoms with Gasteiger partial charge in [0.2, 0.25) is 5.91 Å². The molecule has 0 aliphatic carbocycles. The number of fused-ring (bicyclic) bond motifs is 2. The van der Waals surface area contributed by atoms with E-state index in [1.807, 2.05) is 17.0 Å². The molecule has 0 N–H and O–H groups in total. The molecule has 6 nitrogen and oxygen atoms in total. The Labute approximate surface area is 141 Å². The quantitative estimate of drug-likeness (QED) is 0.865. The zero-order valence-corrected chi connectivity index (χ0v) is 14.2. The van der Waals surface area contributed by atoms with Crippen molar-refractivity contribution < 1.29 is 9.53 Å². The van der Waals surface area contributed by atoms with Gasteiger partial charge in [0.05, 0.1) is 19.6 Å². The Kier molecular flexibility index (Phi) is 3.75. The number of benzene rings is 1. The van der Waals surface area contributed by atoms with E-state index >= 15 is 0 Å². The van der Waals surface area contributed by atoms with Gasteiger partial charge < -0.3 is 14.2 Å². The van der Waals surface area contributed by atoms with Crippen molar-refractivity contribution in [2.45, 2.75) is 45.7 Å². The monoisotopic (exact) mass is 326 g/mol. The van der Waals surface area contributed by atoms with Crippen LogP contribution in [0.15, 0.2) is 18.2 Å². The van der Waals surface area contributed by atoms with Crippen LogP contribution in [0.4, 0.5) is 0 Å². The van der Waals surface area contributed by atoms with Crippen LogP contribution >= 0.6 is 0 Å². The zero-order chi connectivity index (χ0) is 16.7. The maximum atomic E-state index is 12.7. The largest absolute Gasteiger partial charge is 0.493 e. The van der Waals surface area contributed by atoms with Crippen molar-refractivity contribution in [2.75, 3.05) is 13.2 Å². The van der Waals surface area contributed by atoms with Crippen molar-refractivity contribution in [1.29, 1.82) is 0 Å². The van der Waals surface area contributed by atoms with Gasteiger partial charge in [0, 0.05) is 25.4 Å². The van der Waals surface area contributed by atoms with E-state index in [1.165, 1.54) is 5.56 Å². The van der Waals surface area contributed by atoms with Crippen LogP contribution < -0.4 is 4.74 Å². The van der Waals surface area contributed by atoms with E-state index in [0.717, 1.165) is 49.1 Å². The molecule has 3 heterocycles. The molecule has 0 unspecified atom stereocenters. The minimum atomic E-state index is 0.147. The summed E-state index contributed by atoms with van der Waals surface area (Å²) in [5.41, 5.74) is 2.26. The Morgan fingerprint density at radius 3 is 3.00 bits per heavy atom. The van der Waals surface area contributed by atoms with Crippen LogP contribution in [-0.2, 0) is 30.7 Å². The van der Waals surface area contributed by atoms with E-state index in [4.69, 9.17) is 4.74 Å². The first-order valence-corrected chi connectivity index (χ1v) is 8.56. The predicted molar refractivity (Wildman–Crippen MR) is 88.9 cm³/mol. The molecule has 2 aliphatic heterocycles. The highest BCUT2D eigenvalue weighted by Gasteiger charge is 2.25. The van der Waals surface area contributed by atoms with Crippen LogP contribution in [0.5, 0.6) is 5.75 Å². The minimum absolute atomic E-state index is 0.147. The molecule has 6 heteroatoms. The molecule has 4 rings (SSSR count). The number of carbonyl (C=O) groups excluding carboxylic acids is 1. The molecule has 0 spiro atoms. The number of amides is 1. The lowest BCUT2D eigenvalue weighted by atomic mass is 10.1. The van der Waals surface area contributed by atoms with E-state index in [-0.39, 0.29) is 5.91 Å². The lowest BCUT2D eigenvalue weighted by Gasteiger charge is -2.28. The molecule has 0 saturated heterocycles. The number of hydrogen-bond acceptors (Lipinski definition) is 4. The van der Waals surface area contributed by atoms with Gasteiger partial charge in [-0.3, -0.25) is 4.79 Å². The summed E-state index contributed by atoms with van der Waals surface area (Å²) >= 11 is 0. The molecule has 0 saturated carbocycles. The summed E-state index contributed by atoms with van der Waals surface area (Å²) < 4.78 is 7.68. The topological polar surface area (TPSA) is 60.2 Å². The second kappa shape index (κ2) is 5.92. The molecule has 1 amide bonds. The summed E-state index contributed by atoms with van der Waals surface area (Å²) in [6.07, 6.45) is 1.36. The van der Waals surface area contributed by atoms with Crippen molar-refractivity contribution in [3.05, 3.63) is 41.0 Å². The molecule has 1 aromatic carbocycles. The lowest BCUT2D eigenvalue weighted by Crippen LogP contribution is -2.39.